The maximum absolute atomic E-state index is 13.9. The van der Waals surface area contributed by atoms with Gasteiger partial charge in [-0.1, -0.05) is 24.3 Å². The predicted octanol–water partition coefficient (Wildman–Crippen LogP) is 3.75. The first-order chi connectivity index (χ1) is 17.4. The number of benzene rings is 2. The van der Waals surface area contributed by atoms with Crippen LogP contribution >= 0.6 is 0 Å². The van der Waals surface area contributed by atoms with Crippen molar-refractivity contribution in [3.8, 4) is 17.2 Å². The Balaban J connectivity index is 1.10. The lowest BCUT2D eigenvalue weighted by Crippen LogP contribution is -2.36. The minimum Gasteiger partial charge on any atom is -0.497 e. The number of nitrogens with zero attached hydrogens (tertiary/aromatic N) is 2. The van der Waals surface area contributed by atoms with Crippen molar-refractivity contribution >= 4 is 0 Å². The molecule has 190 valence electrons. The molecule has 2 heterocycles. The van der Waals surface area contributed by atoms with Crippen LogP contribution in [0, 0.1) is 11.7 Å². The summed E-state index contributed by atoms with van der Waals surface area (Å²) in [6.07, 6.45) is 1.69. The van der Waals surface area contributed by atoms with Crippen LogP contribution in [-0.2, 0) is 6.61 Å². The fraction of sp³-hybridized carbons (Fsp3) is 0.393. The zero-order valence-corrected chi connectivity index (χ0v) is 20.2. The normalized spacial score (nSPS) is 24.3. The second-order valence-corrected chi connectivity index (χ2v) is 9.68. The van der Waals surface area contributed by atoms with E-state index < -0.39 is 17.5 Å². The number of aliphatic hydroxyl groups is 2. The Labute approximate surface area is 210 Å². The van der Waals surface area contributed by atoms with Gasteiger partial charge in [0.1, 0.15) is 30.3 Å². The minimum atomic E-state index is -0.901. The zero-order chi connectivity index (χ0) is 25.1. The lowest BCUT2D eigenvalue weighted by Gasteiger charge is -2.24. The molecule has 1 saturated carbocycles. The Hall–Kier alpha value is -3.20. The van der Waals surface area contributed by atoms with Crippen molar-refractivity contribution in [1.29, 1.82) is 0 Å². The molecule has 0 amide bonds. The largest absolute Gasteiger partial charge is 0.497 e. The molecule has 7 nitrogen and oxygen atoms in total. The molecule has 3 aromatic rings. The van der Waals surface area contributed by atoms with E-state index in [2.05, 4.69) is 9.88 Å². The average molecular weight is 495 g/mol. The van der Waals surface area contributed by atoms with Crippen LogP contribution in [0.5, 0.6) is 17.2 Å². The number of pyridine rings is 1. The lowest BCUT2D eigenvalue weighted by molar-refractivity contribution is 0.0174. The van der Waals surface area contributed by atoms with Gasteiger partial charge in [0.15, 0.2) is 11.6 Å². The molecular weight excluding hydrogens is 463 g/mol. The number of ether oxygens (including phenoxy) is 3. The second-order valence-electron chi connectivity index (χ2n) is 9.68. The fourth-order valence-electron chi connectivity index (χ4n) is 5.23. The number of β-amino-alcohol motifs (C(OH)–C–C–N with tert-alkyl or cyclic N) is 2. The molecule has 1 aliphatic carbocycles. The molecule has 5 rings (SSSR count). The molecule has 2 aromatic carbocycles. The van der Waals surface area contributed by atoms with Crippen molar-refractivity contribution in [3.63, 3.8) is 0 Å². The van der Waals surface area contributed by atoms with Gasteiger partial charge < -0.3 is 24.4 Å². The van der Waals surface area contributed by atoms with E-state index in [4.69, 9.17) is 14.2 Å². The van der Waals surface area contributed by atoms with Crippen LogP contribution in [0.15, 0.2) is 66.9 Å². The molecule has 0 bridgehead atoms. The number of para-hydroxylation sites is 1. The first kappa shape index (κ1) is 24.5. The van der Waals surface area contributed by atoms with Crippen LogP contribution in [0.25, 0.3) is 0 Å². The quantitative estimate of drug-likeness (QED) is 0.469. The van der Waals surface area contributed by atoms with Crippen LogP contribution in [-0.4, -0.2) is 58.5 Å². The molecule has 1 aromatic heterocycles. The summed E-state index contributed by atoms with van der Waals surface area (Å²) < 4.78 is 30.7. The summed E-state index contributed by atoms with van der Waals surface area (Å²) in [5.41, 5.74) is 0.665. The van der Waals surface area contributed by atoms with Crippen molar-refractivity contribution in [2.75, 3.05) is 26.7 Å². The summed E-state index contributed by atoms with van der Waals surface area (Å²) in [6.45, 7) is 1.86. The van der Waals surface area contributed by atoms with Gasteiger partial charge in [-0.2, -0.15) is 0 Å². The molecule has 1 aliphatic heterocycles. The number of likely N-dealkylation sites (tertiary alicyclic amines) is 1. The number of rotatable bonds is 9. The Morgan fingerprint density at radius 2 is 1.89 bits per heavy atom. The average Bonchev–Trinajstić information content (AvgIpc) is 3.34. The Kier molecular flexibility index (Phi) is 7.09. The highest BCUT2D eigenvalue weighted by molar-refractivity contribution is 5.28. The summed E-state index contributed by atoms with van der Waals surface area (Å²) in [5.74, 6) is 1.26. The molecule has 0 unspecified atom stereocenters. The van der Waals surface area contributed by atoms with Crippen molar-refractivity contribution in [2.24, 2.45) is 5.92 Å². The summed E-state index contributed by atoms with van der Waals surface area (Å²) in [6, 6.07) is 17.6. The molecule has 4 atom stereocenters. The predicted molar refractivity (Wildman–Crippen MR) is 131 cm³/mol. The summed E-state index contributed by atoms with van der Waals surface area (Å²) in [4.78, 5) is 6.44. The number of methoxy groups -OCH3 is 1. The van der Waals surface area contributed by atoms with Gasteiger partial charge >= 0.3 is 0 Å². The smallest absolute Gasteiger partial charge is 0.165 e. The zero-order valence-electron chi connectivity index (χ0n) is 20.2. The highest BCUT2D eigenvalue weighted by atomic mass is 19.1. The topological polar surface area (TPSA) is 84.3 Å². The maximum atomic E-state index is 13.9. The highest BCUT2D eigenvalue weighted by Crippen LogP contribution is 2.43. The molecule has 1 saturated heterocycles. The van der Waals surface area contributed by atoms with E-state index in [-0.39, 0.29) is 17.8 Å². The molecule has 8 heteroatoms. The lowest BCUT2D eigenvalue weighted by atomic mass is 9.95. The van der Waals surface area contributed by atoms with Crippen LogP contribution in [0.2, 0.25) is 0 Å². The molecule has 36 heavy (non-hydrogen) atoms. The first-order valence-electron chi connectivity index (χ1n) is 12.2. The van der Waals surface area contributed by atoms with E-state index in [1.54, 1.807) is 43.6 Å². The van der Waals surface area contributed by atoms with E-state index in [0.29, 0.717) is 50.5 Å². The standard InChI is InChI=1S/C28H31FN2O5/c1-34-21-8-6-19(7-9-21)17-35-22-10-11-25(30-14-22)26(32)16-31-15-20-12-23(13-28(20,33)18-31)36-27-5-3-2-4-24(27)29/h2-11,14,20,23,26,32-33H,12-13,15-18H2,1H3/t20-,23+,26-,28-/m1/s1. The van der Waals surface area contributed by atoms with Gasteiger partial charge in [-0.05, 0) is 48.4 Å². The van der Waals surface area contributed by atoms with Gasteiger partial charge in [-0.25, -0.2) is 4.39 Å². The van der Waals surface area contributed by atoms with E-state index in [9.17, 15) is 14.6 Å². The van der Waals surface area contributed by atoms with Gasteiger partial charge in [-0.15, -0.1) is 0 Å². The third kappa shape index (κ3) is 5.46. The van der Waals surface area contributed by atoms with Gasteiger partial charge in [0.05, 0.1) is 24.6 Å². The fourth-order valence-corrected chi connectivity index (χ4v) is 5.23. The van der Waals surface area contributed by atoms with Gasteiger partial charge in [0, 0.05) is 32.0 Å². The SMILES string of the molecule is COc1ccc(COc2ccc([C@H](O)CN3C[C@H]4C[C@H](Oc5ccccc5F)C[C@@]4(O)C3)nc2)cc1. The monoisotopic (exact) mass is 494 g/mol. The van der Waals surface area contributed by atoms with Crippen molar-refractivity contribution in [2.45, 2.75) is 37.3 Å². The van der Waals surface area contributed by atoms with Crippen LogP contribution in [0.3, 0.4) is 0 Å². The molecule has 2 fully saturated rings. The molecular formula is C28H31FN2O5. The van der Waals surface area contributed by atoms with Crippen molar-refractivity contribution < 1.29 is 28.8 Å². The van der Waals surface area contributed by atoms with Gasteiger partial charge in [0.25, 0.3) is 0 Å². The Morgan fingerprint density at radius 3 is 2.58 bits per heavy atom. The number of halogens is 1. The summed E-state index contributed by atoms with van der Waals surface area (Å²) in [5, 5.41) is 21.9. The molecule has 0 spiro atoms. The van der Waals surface area contributed by atoms with Crippen LogP contribution < -0.4 is 14.2 Å². The highest BCUT2D eigenvalue weighted by Gasteiger charge is 2.53. The van der Waals surface area contributed by atoms with E-state index >= 15 is 0 Å². The number of aromatic nitrogens is 1. The van der Waals surface area contributed by atoms with Crippen molar-refractivity contribution in [1.82, 2.24) is 9.88 Å². The first-order valence-corrected chi connectivity index (χ1v) is 12.2. The van der Waals surface area contributed by atoms with E-state index in [1.807, 2.05) is 24.3 Å². The Bertz CT molecular complexity index is 1160. The second kappa shape index (κ2) is 10.4. The van der Waals surface area contributed by atoms with E-state index in [0.717, 1.165) is 11.3 Å². The van der Waals surface area contributed by atoms with E-state index in [1.165, 1.54) is 6.07 Å². The third-order valence-corrected chi connectivity index (χ3v) is 7.09. The number of aliphatic hydroxyl groups excluding tert-OH is 1. The van der Waals surface area contributed by atoms with Gasteiger partial charge in [0.2, 0.25) is 0 Å². The Morgan fingerprint density at radius 1 is 1.11 bits per heavy atom. The number of fused-ring (bicyclic) bond motifs is 1. The maximum Gasteiger partial charge on any atom is 0.165 e. The van der Waals surface area contributed by atoms with Crippen LogP contribution in [0.1, 0.15) is 30.2 Å². The molecule has 2 N–H and O–H groups in total. The summed E-state index contributed by atoms with van der Waals surface area (Å²) in [7, 11) is 1.63. The molecule has 2 aliphatic rings. The minimum absolute atomic E-state index is 0.0168. The summed E-state index contributed by atoms with van der Waals surface area (Å²) >= 11 is 0. The number of hydrogen-bond donors (Lipinski definition) is 2. The number of hydrogen-bond acceptors (Lipinski definition) is 7. The third-order valence-electron chi connectivity index (χ3n) is 7.09. The van der Waals surface area contributed by atoms with Crippen molar-refractivity contribution in [3.05, 3.63) is 83.9 Å². The molecule has 0 radical (unpaired) electrons. The van der Waals surface area contributed by atoms with Gasteiger partial charge in [-0.3, -0.25) is 9.88 Å². The van der Waals surface area contributed by atoms with Crippen LogP contribution in [0.4, 0.5) is 4.39 Å².